The van der Waals surface area contributed by atoms with E-state index >= 15 is 0 Å². The highest BCUT2D eigenvalue weighted by Gasteiger charge is 2.22. The molecule has 0 aliphatic rings. The monoisotopic (exact) mass is 339 g/mol. The molecule has 0 atom stereocenters. The minimum atomic E-state index is -0.593. The van der Waals surface area contributed by atoms with Crippen LogP contribution in [0.25, 0.3) is 0 Å². The molecule has 2 rings (SSSR count). The first-order chi connectivity index (χ1) is 9.54. The van der Waals surface area contributed by atoms with Crippen molar-refractivity contribution in [1.29, 1.82) is 0 Å². The number of carbonyl (C=O) groups is 1. The maximum absolute atomic E-state index is 13.8. The summed E-state index contributed by atoms with van der Waals surface area (Å²) >= 11 is 3.18. The van der Waals surface area contributed by atoms with Crippen LogP contribution in [0, 0.1) is 11.6 Å². The van der Waals surface area contributed by atoms with E-state index in [-0.39, 0.29) is 11.4 Å². The third kappa shape index (κ3) is 2.88. The van der Waals surface area contributed by atoms with E-state index in [1.807, 2.05) is 0 Å². The Morgan fingerprint density at radius 3 is 2.35 bits per heavy atom. The number of hydrogen-bond donors (Lipinski definition) is 0. The van der Waals surface area contributed by atoms with Crippen LogP contribution in [-0.2, 0) is 0 Å². The van der Waals surface area contributed by atoms with Crippen molar-refractivity contribution in [1.82, 2.24) is 0 Å². The summed E-state index contributed by atoms with van der Waals surface area (Å²) in [4.78, 5) is 13.9. The van der Waals surface area contributed by atoms with Crippen LogP contribution in [0.5, 0.6) is 0 Å². The average Bonchev–Trinajstić information content (AvgIpc) is 2.41. The fraction of sp³-hybridized carbons (Fsp3) is 0.133. The predicted octanol–water partition coefficient (Wildman–Crippen LogP) is 4.39. The van der Waals surface area contributed by atoms with E-state index in [1.165, 1.54) is 41.3 Å². The summed E-state index contributed by atoms with van der Waals surface area (Å²) < 4.78 is 27.2. The number of rotatable bonds is 3. The summed E-state index contributed by atoms with van der Waals surface area (Å²) in [5.74, 6) is -1.45. The molecule has 20 heavy (non-hydrogen) atoms. The van der Waals surface area contributed by atoms with Gasteiger partial charge in [0.1, 0.15) is 11.6 Å². The van der Waals surface area contributed by atoms with Gasteiger partial charge < -0.3 is 4.90 Å². The molecule has 0 N–H and O–H groups in total. The number of amides is 1. The van der Waals surface area contributed by atoms with Crippen LogP contribution < -0.4 is 4.90 Å². The maximum atomic E-state index is 13.8. The second-order valence-corrected chi connectivity index (χ2v) is 4.98. The highest BCUT2D eigenvalue weighted by molar-refractivity contribution is 9.10. The molecule has 0 spiro atoms. The first kappa shape index (κ1) is 14.7. The zero-order valence-corrected chi connectivity index (χ0v) is 12.3. The largest absolute Gasteiger partial charge is 0.309 e. The Labute approximate surface area is 124 Å². The Morgan fingerprint density at radius 2 is 1.80 bits per heavy atom. The number of benzene rings is 2. The summed E-state index contributed by atoms with van der Waals surface area (Å²) in [5, 5.41) is 0. The molecule has 2 aromatic rings. The zero-order valence-electron chi connectivity index (χ0n) is 10.7. The third-order valence-corrected chi connectivity index (χ3v) is 3.54. The quantitative estimate of drug-likeness (QED) is 0.811. The minimum absolute atomic E-state index is 0.0290. The fourth-order valence-corrected chi connectivity index (χ4v) is 2.41. The van der Waals surface area contributed by atoms with E-state index in [1.54, 1.807) is 13.0 Å². The molecular formula is C15H12BrF2NO. The first-order valence-electron chi connectivity index (χ1n) is 6.06. The van der Waals surface area contributed by atoms with Gasteiger partial charge in [-0.05, 0) is 59.3 Å². The Balaban J connectivity index is 2.42. The molecule has 0 aliphatic carbocycles. The summed E-state index contributed by atoms with van der Waals surface area (Å²) in [6, 6.07) is 9.87. The molecule has 0 fully saturated rings. The molecule has 0 heterocycles. The van der Waals surface area contributed by atoms with Gasteiger partial charge in [0.25, 0.3) is 5.91 Å². The van der Waals surface area contributed by atoms with Crippen molar-refractivity contribution in [3.8, 4) is 0 Å². The normalized spacial score (nSPS) is 10.4. The standard InChI is InChI=1S/C15H12BrF2NO/c1-2-19(11-8-6-10(17)7-9-11)15(20)14-12(16)4-3-5-13(14)18/h3-9H,2H2,1H3. The van der Waals surface area contributed by atoms with E-state index in [2.05, 4.69) is 15.9 Å². The van der Waals surface area contributed by atoms with Crippen LogP contribution in [0.2, 0.25) is 0 Å². The molecule has 5 heteroatoms. The van der Waals surface area contributed by atoms with Crippen LogP contribution in [0.1, 0.15) is 17.3 Å². The Hall–Kier alpha value is -1.75. The van der Waals surface area contributed by atoms with Gasteiger partial charge in [0.2, 0.25) is 0 Å². The maximum Gasteiger partial charge on any atom is 0.262 e. The van der Waals surface area contributed by atoms with Gasteiger partial charge in [-0.2, -0.15) is 0 Å². The zero-order chi connectivity index (χ0) is 14.7. The van der Waals surface area contributed by atoms with Crippen molar-refractivity contribution >= 4 is 27.5 Å². The molecule has 104 valence electrons. The van der Waals surface area contributed by atoms with Crippen molar-refractivity contribution in [3.63, 3.8) is 0 Å². The average molecular weight is 340 g/mol. The highest BCUT2D eigenvalue weighted by Crippen LogP contribution is 2.24. The van der Waals surface area contributed by atoms with Crippen LogP contribution in [0.4, 0.5) is 14.5 Å². The Bertz CT molecular complexity index is 608. The molecule has 0 saturated heterocycles. The summed E-state index contributed by atoms with van der Waals surface area (Å²) in [7, 11) is 0. The lowest BCUT2D eigenvalue weighted by Crippen LogP contribution is -2.31. The number of anilines is 1. The van der Waals surface area contributed by atoms with Gasteiger partial charge >= 0.3 is 0 Å². The molecule has 0 aromatic heterocycles. The third-order valence-electron chi connectivity index (χ3n) is 2.88. The van der Waals surface area contributed by atoms with Crippen LogP contribution in [0.3, 0.4) is 0 Å². The molecule has 0 saturated carbocycles. The molecule has 0 aliphatic heterocycles. The van der Waals surface area contributed by atoms with Crippen LogP contribution in [0.15, 0.2) is 46.9 Å². The molecule has 0 radical (unpaired) electrons. The van der Waals surface area contributed by atoms with Crippen molar-refractivity contribution in [2.45, 2.75) is 6.92 Å². The number of nitrogens with zero attached hydrogens (tertiary/aromatic N) is 1. The predicted molar refractivity (Wildman–Crippen MR) is 77.9 cm³/mol. The Morgan fingerprint density at radius 1 is 1.15 bits per heavy atom. The van der Waals surface area contributed by atoms with Gasteiger partial charge in [-0.1, -0.05) is 6.07 Å². The SMILES string of the molecule is CCN(C(=O)c1c(F)cccc1Br)c1ccc(F)cc1. The number of hydrogen-bond acceptors (Lipinski definition) is 1. The van der Waals surface area contributed by atoms with Gasteiger partial charge in [-0.15, -0.1) is 0 Å². The van der Waals surface area contributed by atoms with Crippen molar-refractivity contribution < 1.29 is 13.6 Å². The van der Waals surface area contributed by atoms with Crippen molar-refractivity contribution in [2.75, 3.05) is 11.4 Å². The molecule has 2 aromatic carbocycles. The molecule has 1 amide bonds. The highest BCUT2D eigenvalue weighted by atomic mass is 79.9. The number of carbonyl (C=O) groups excluding carboxylic acids is 1. The lowest BCUT2D eigenvalue weighted by molar-refractivity contribution is 0.0983. The fourth-order valence-electron chi connectivity index (χ4n) is 1.90. The second-order valence-electron chi connectivity index (χ2n) is 4.12. The van der Waals surface area contributed by atoms with Crippen LogP contribution >= 0.6 is 15.9 Å². The molecule has 0 bridgehead atoms. The lowest BCUT2D eigenvalue weighted by atomic mass is 10.1. The van der Waals surface area contributed by atoms with Crippen molar-refractivity contribution in [3.05, 3.63) is 64.1 Å². The topological polar surface area (TPSA) is 20.3 Å². The van der Waals surface area contributed by atoms with E-state index in [0.717, 1.165) is 0 Å². The molecule has 2 nitrogen and oxygen atoms in total. The van der Waals surface area contributed by atoms with E-state index < -0.39 is 11.7 Å². The Kier molecular flexibility index (Phi) is 4.49. The summed E-state index contributed by atoms with van der Waals surface area (Å²) in [5.41, 5.74) is 0.493. The molecular weight excluding hydrogens is 328 g/mol. The van der Waals surface area contributed by atoms with Gasteiger partial charge in [0.15, 0.2) is 0 Å². The summed E-state index contributed by atoms with van der Waals surface area (Å²) in [6.07, 6.45) is 0. The second kappa shape index (κ2) is 6.13. The van der Waals surface area contributed by atoms with E-state index in [9.17, 15) is 13.6 Å². The summed E-state index contributed by atoms with van der Waals surface area (Å²) in [6.45, 7) is 2.13. The van der Waals surface area contributed by atoms with Gasteiger partial charge in [-0.3, -0.25) is 4.79 Å². The van der Waals surface area contributed by atoms with Gasteiger partial charge in [-0.25, -0.2) is 8.78 Å². The molecule has 0 unspecified atom stereocenters. The smallest absolute Gasteiger partial charge is 0.262 e. The minimum Gasteiger partial charge on any atom is -0.309 e. The van der Waals surface area contributed by atoms with Crippen LogP contribution in [-0.4, -0.2) is 12.5 Å². The first-order valence-corrected chi connectivity index (χ1v) is 6.85. The van der Waals surface area contributed by atoms with Gasteiger partial charge in [0.05, 0.1) is 5.56 Å². The van der Waals surface area contributed by atoms with Crippen molar-refractivity contribution in [2.24, 2.45) is 0 Å². The lowest BCUT2D eigenvalue weighted by Gasteiger charge is -2.22. The van der Waals surface area contributed by atoms with E-state index in [0.29, 0.717) is 16.7 Å². The number of halogens is 3. The van der Waals surface area contributed by atoms with E-state index in [4.69, 9.17) is 0 Å². The van der Waals surface area contributed by atoms with Gasteiger partial charge in [0, 0.05) is 16.7 Å².